The van der Waals surface area contributed by atoms with Crippen molar-refractivity contribution in [1.29, 1.82) is 0 Å². The third kappa shape index (κ3) is 3.24. The summed E-state index contributed by atoms with van der Waals surface area (Å²) >= 11 is 9.59. The summed E-state index contributed by atoms with van der Waals surface area (Å²) in [5.41, 5.74) is 4.24. The quantitative estimate of drug-likeness (QED) is 0.322. The van der Waals surface area contributed by atoms with Crippen LogP contribution in [0, 0.1) is 0 Å². The van der Waals surface area contributed by atoms with Gasteiger partial charge in [0.05, 0.1) is 5.52 Å². The average Bonchev–Trinajstić information content (AvgIpc) is 3.22. The summed E-state index contributed by atoms with van der Waals surface area (Å²) in [7, 11) is 2.01. The minimum absolute atomic E-state index is 0.561. The Labute approximate surface area is 180 Å². The topological polar surface area (TPSA) is 46.3 Å². The molecule has 0 unspecified atom stereocenters. The van der Waals surface area contributed by atoms with Gasteiger partial charge < -0.3 is 4.90 Å². The van der Waals surface area contributed by atoms with Crippen LogP contribution in [-0.4, -0.2) is 26.6 Å². The van der Waals surface area contributed by atoms with Crippen LogP contribution in [0.5, 0.6) is 0 Å². The summed E-state index contributed by atoms with van der Waals surface area (Å²) in [6.45, 7) is 0. The van der Waals surface area contributed by atoms with E-state index in [1.807, 2.05) is 47.8 Å². The number of nitrogens with zero attached hydrogens (tertiary/aromatic N) is 5. The first-order valence-electron chi connectivity index (χ1n) is 8.99. The molecule has 0 saturated carbocycles. The molecule has 5 nitrogen and oxygen atoms in total. The van der Waals surface area contributed by atoms with Crippen LogP contribution in [0.25, 0.3) is 27.8 Å². The van der Waals surface area contributed by atoms with E-state index in [1.54, 1.807) is 6.33 Å². The van der Waals surface area contributed by atoms with Crippen molar-refractivity contribution in [1.82, 2.24) is 19.6 Å². The van der Waals surface area contributed by atoms with E-state index in [1.165, 1.54) is 0 Å². The number of aromatic nitrogens is 4. The first kappa shape index (κ1) is 18.1. The number of anilines is 2. The lowest BCUT2D eigenvalue weighted by molar-refractivity contribution is 1.08. The third-order valence-corrected chi connectivity index (χ3v) is 5.67. The molecule has 0 fully saturated rings. The van der Waals surface area contributed by atoms with Gasteiger partial charge in [0.15, 0.2) is 0 Å². The van der Waals surface area contributed by atoms with Crippen LogP contribution in [0.1, 0.15) is 0 Å². The predicted octanol–water partition coefficient (Wildman–Crippen LogP) is 6.13. The highest BCUT2D eigenvalue weighted by molar-refractivity contribution is 9.10. The van der Waals surface area contributed by atoms with Gasteiger partial charge in [-0.1, -0.05) is 51.8 Å². The zero-order chi connectivity index (χ0) is 20.0. The molecule has 0 atom stereocenters. The monoisotopic (exact) mass is 463 g/mol. The van der Waals surface area contributed by atoms with Gasteiger partial charge in [0, 0.05) is 27.6 Å². The van der Waals surface area contributed by atoms with Crippen LogP contribution in [0.15, 0.2) is 77.5 Å². The van der Waals surface area contributed by atoms with E-state index < -0.39 is 0 Å². The van der Waals surface area contributed by atoms with E-state index >= 15 is 0 Å². The van der Waals surface area contributed by atoms with Crippen molar-refractivity contribution < 1.29 is 0 Å². The molecule has 7 heteroatoms. The Kier molecular flexibility index (Phi) is 4.45. The van der Waals surface area contributed by atoms with Gasteiger partial charge in [-0.05, 0) is 53.6 Å². The van der Waals surface area contributed by atoms with E-state index in [2.05, 4.69) is 61.4 Å². The average molecular weight is 465 g/mol. The smallest absolute Gasteiger partial charge is 0.257 e. The van der Waals surface area contributed by atoms with Crippen molar-refractivity contribution in [2.24, 2.45) is 0 Å². The number of rotatable bonds is 3. The van der Waals surface area contributed by atoms with Gasteiger partial charge in [0.2, 0.25) is 0 Å². The third-order valence-electron chi connectivity index (χ3n) is 4.92. The number of benzene rings is 3. The minimum Gasteiger partial charge on any atom is -0.329 e. The molecule has 0 bridgehead atoms. The highest BCUT2D eigenvalue weighted by atomic mass is 79.9. The second kappa shape index (κ2) is 7.13. The molecule has 3 aromatic carbocycles. The molecule has 0 aliphatic heterocycles. The van der Waals surface area contributed by atoms with Crippen LogP contribution in [0.4, 0.5) is 11.5 Å². The summed E-state index contributed by atoms with van der Waals surface area (Å²) in [4.78, 5) is 6.84. The van der Waals surface area contributed by atoms with E-state index in [-0.39, 0.29) is 0 Å². The standard InChI is InChI=1S/C22H15BrClN5/c1-28(18-4-2-3-15(11-18)14-5-8-17(24)9-6-14)21-19-10-7-16(23)12-20(19)29-13-25-27-22(29)26-21/h2-13H,1H3. The van der Waals surface area contributed by atoms with Gasteiger partial charge in [0.25, 0.3) is 5.78 Å². The maximum Gasteiger partial charge on any atom is 0.257 e. The molecule has 29 heavy (non-hydrogen) atoms. The number of hydrogen-bond donors (Lipinski definition) is 0. The lowest BCUT2D eigenvalue weighted by Gasteiger charge is -2.21. The molecule has 2 aromatic heterocycles. The molecule has 5 rings (SSSR count). The zero-order valence-electron chi connectivity index (χ0n) is 15.4. The van der Waals surface area contributed by atoms with Gasteiger partial charge >= 0.3 is 0 Å². The van der Waals surface area contributed by atoms with Gasteiger partial charge in [-0.2, -0.15) is 4.98 Å². The lowest BCUT2D eigenvalue weighted by atomic mass is 10.0. The molecule has 0 aliphatic rings. The lowest BCUT2D eigenvalue weighted by Crippen LogP contribution is -2.13. The predicted molar refractivity (Wildman–Crippen MR) is 121 cm³/mol. The fourth-order valence-electron chi connectivity index (χ4n) is 3.44. The Balaban J connectivity index is 1.65. The molecule has 142 valence electrons. The molecule has 0 N–H and O–H groups in total. The van der Waals surface area contributed by atoms with E-state index in [4.69, 9.17) is 16.6 Å². The normalized spacial score (nSPS) is 11.3. The molecule has 0 aliphatic carbocycles. The maximum absolute atomic E-state index is 6.03. The van der Waals surface area contributed by atoms with Crippen LogP contribution in [0.2, 0.25) is 5.02 Å². The second-order valence-electron chi connectivity index (χ2n) is 6.71. The van der Waals surface area contributed by atoms with Crippen LogP contribution in [0.3, 0.4) is 0 Å². The van der Waals surface area contributed by atoms with Crippen molar-refractivity contribution >= 4 is 55.7 Å². The minimum atomic E-state index is 0.561. The molecule has 0 spiro atoms. The van der Waals surface area contributed by atoms with Crippen LogP contribution in [-0.2, 0) is 0 Å². The van der Waals surface area contributed by atoms with Crippen molar-refractivity contribution in [3.8, 4) is 11.1 Å². The van der Waals surface area contributed by atoms with Crippen molar-refractivity contribution in [2.45, 2.75) is 0 Å². The summed E-state index contributed by atoms with van der Waals surface area (Å²) < 4.78 is 2.88. The Morgan fingerprint density at radius 2 is 1.79 bits per heavy atom. The summed E-state index contributed by atoms with van der Waals surface area (Å²) in [5, 5.41) is 9.92. The van der Waals surface area contributed by atoms with Gasteiger partial charge in [-0.15, -0.1) is 10.2 Å². The Hall–Kier alpha value is -2.96. The zero-order valence-corrected chi connectivity index (χ0v) is 17.8. The van der Waals surface area contributed by atoms with E-state index in [0.29, 0.717) is 5.78 Å². The van der Waals surface area contributed by atoms with E-state index in [9.17, 15) is 0 Å². The first-order valence-corrected chi connectivity index (χ1v) is 10.2. The molecular weight excluding hydrogens is 450 g/mol. The Morgan fingerprint density at radius 3 is 2.62 bits per heavy atom. The van der Waals surface area contributed by atoms with Crippen LogP contribution >= 0.6 is 27.5 Å². The van der Waals surface area contributed by atoms with Crippen molar-refractivity contribution in [3.05, 3.63) is 82.6 Å². The number of fused-ring (bicyclic) bond motifs is 3. The SMILES string of the molecule is CN(c1cccc(-c2ccc(Cl)cc2)c1)c1nc2nncn2c2cc(Br)ccc12. The first-order chi connectivity index (χ1) is 14.1. The summed E-state index contributed by atoms with van der Waals surface area (Å²) in [5.74, 6) is 1.38. The largest absolute Gasteiger partial charge is 0.329 e. The summed E-state index contributed by atoms with van der Waals surface area (Å²) in [6, 6.07) is 22.3. The maximum atomic E-state index is 6.03. The number of hydrogen-bond acceptors (Lipinski definition) is 4. The van der Waals surface area contributed by atoms with Crippen LogP contribution < -0.4 is 4.90 Å². The Bertz CT molecular complexity index is 1350. The van der Waals surface area contributed by atoms with Crippen molar-refractivity contribution in [3.63, 3.8) is 0 Å². The molecular formula is C22H15BrClN5. The highest BCUT2D eigenvalue weighted by Gasteiger charge is 2.15. The van der Waals surface area contributed by atoms with Crippen molar-refractivity contribution in [2.75, 3.05) is 11.9 Å². The molecule has 2 heterocycles. The molecule has 5 aromatic rings. The van der Waals surface area contributed by atoms with Gasteiger partial charge in [-0.3, -0.25) is 4.40 Å². The summed E-state index contributed by atoms with van der Waals surface area (Å²) in [6.07, 6.45) is 1.68. The van der Waals surface area contributed by atoms with Gasteiger partial charge in [0.1, 0.15) is 12.1 Å². The molecule has 0 saturated heterocycles. The second-order valence-corrected chi connectivity index (χ2v) is 8.07. The Morgan fingerprint density at radius 1 is 0.966 bits per heavy atom. The van der Waals surface area contributed by atoms with E-state index in [0.717, 1.165) is 43.0 Å². The molecule has 0 radical (unpaired) electrons. The fourth-order valence-corrected chi connectivity index (χ4v) is 3.91. The fraction of sp³-hybridized carbons (Fsp3) is 0.0455. The number of halogens is 2. The van der Waals surface area contributed by atoms with Gasteiger partial charge in [-0.25, -0.2) is 0 Å². The highest BCUT2D eigenvalue weighted by Crippen LogP contribution is 2.33. The molecule has 0 amide bonds.